The Labute approximate surface area is 119 Å². The number of carbonyl (C=O) groups is 1. The molecule has 20 heavy (non-hydrogen) atoms. The third kappa shape index (κ3) is 3.59. The van der Waals surface area contributed by atoms with Gasteiger partial charge in [0.2, 0.25) is 5.91 Å². The Morgan fingerprint density at radius 2 is 1.85 bits per heavy atom. The van der Waals surface area contributed by atoms with E-state index in [1.54, 1.807) is 6.07 Å². The molecule has 0 fully saturated rings. The van der Waals surface area contributed by atoms with E-state index in [0.29, 0.717) is 5.56 Å². The Balaban J connectivity index is 2.05. The van der Waals surface area contributed by atoms with Gasteiger partial charge in [0.15, 0.2) is 0 Å². The number of amides is 1. The molecule has 0 aliphatic heterocycles. The van der Waals surface area contributed by atoms with Gasteiger partial charge < -0.3 is 11.5 Å². The summed E-state index contributed by atoms with van der Waals surface area (Å²) in [4.78, 5) is 13.3. The Hall–Kier alpha value is -2.33. The van der Waals surface area contributed by atoms with Gasteiger partial charge in [0, 0.05) is 24.3 Å². The molecule has 0 radical (unpaired) electrons. The van der Waals surface area contributed by atoms with Crippen LogP contribution in [0.5, 0.6) is 0 Å². The van der Waals surface area contributed by atoms with E-state index in [2.05, 4.69) is 4.90 Å². The molecule has 4 nitrogen and oxygen atoms in total. The number of para-hydroxylation sites is 1. The average molecular weight is 269 g/mol. The van der Waals surface area contributed by atoms with Crippen molar-refractivity contribution < 1.29 is 4.79 Å². The van der Waals surface area contributed by atoms with E-state index in [-0.39, 0.29) is 0 Å². The fourth-order valence-corrected chi connectivity index (χ4v) is 2.16. The lowest BCUT2D eigenvalue weighted by atomic mass is 10.1. The second-order valence-corrected chi connectivity index (χ2v) is 4.94. The van der Waals surface area contributed by atoms with E-state index >= 15 is 0 Å². The minimum atomic E-state index is -0.401. The van der Waals surface area contributed by atoms with Crippen LogP contribution in [-0.2, 0) is 13.1 Å². The first kappa shape index (κ1) is 14.1. The first-order chi connectivity index (χ1) is 9.56. The van der Waals surface area contributed by atoms with Crippen LogP contribution in [0.2, 0.25) is 0 Å². The summed E-state index contributed by atoms with van der Waals surface area (Å²) in [7, 11) is 2.02. The zero-order chi connectivity index (χ0) is 14.5. The van der Waals surface area contributed by atoms with Crippen LogP contribution in [0.15, 0.2) is 48.5 Å². The largest absolute Gasteiger partial charge is 0.398 e. The fourth-order valence-electron chi connectivity index (χ4n) is 2.16. The van der Waals surface area contributed by atoms with Gasteiger partial charge in [-0.2, -0.15) is 0 Å². The normalized spacial score (nSPS) is 10.7. The van der Waals surface area contributed by atoms with Crippen LogP contribution in [0.4, 0.5) is 5.69 Å². The fraction of sp³-hybridized carbons (Fsp3) is 0.188. The number of nitrogens with two attached hydrogens (primary N) is 2. The van der Waals surface area contributed by atoms with E-state index in [1.165, 1.54) is 0 Å². The van der Waals surface area contributed by atoms with Crippen molar-refractivity contribution in [3.05, 3.63) is 65.2 Å². The summed E-state index contributed by atoms with van der Waals surface area (Å²) in [5.41, 5.74) is 14.7. The molecule has 4 N–H and O–H groups in total. The number of primary amides is 1. The summed E-state index contributed by atoms with van der Waals surface area (Å²) < 4.78 is 0. The number of nitrogens with zero attached hydrogens (tertiary/aromatic N) is 1. The minimum absolute atomic E-state index is 0.401. The van der Waals surface area contributed by atoms with Crippen LogP contribution >= 0.6 is 0 Å². The molecule has 0 saturated carbocycles. The maximum atomic E-state index is 11.2. The van der Waals surface area contributed by atoms with Gasteiger partial charge in [0.25, 0.3) is 0 Å². The van der Waals surface area contributed by atoms with Crippen molar-refractivity contribution >= 4 is 11.6 Å². The van der Waals surface area contributed by atoms with Crippen molar-refractivity contribution in [3.8, 4) is 0 Å². The van der Waals surface area contributed by atoms with E-state index in [4.69, 9.17) is 11.5 Å². The van der Waals surface area contributed by atoms with Gasteiger partial charge in [-0.1, -0.05) is 30.3 Å². The molecule has 0 saturated heterocycles. The predicted molar refractivity (Wildman–Crippen MR) is 81.0 cm³/mol. The Bertz CT molecular complexity index is 610. The van der Waals surface area contributed by atoms with E-state index in [9.17, 15) is 4.79 Å². The second kappa shape index (κ2) is 6.21. The lowest BCUT2D eigenvalue weighted by Crippen LogP contribution is -2.18. The molecule has 2 aromatic rings. The summed E-state index contributed by atoms with van der Waals surface area (Å²) in [5, 5.41) is 0. The molecule has 0 heterocycles. The quantitative estimate of drug-likeness (QED) is 0.815. The number of rotatable bonds is 5. The van der Waals surface area contributed by atoms with Crippen molar-refractivity contribution in [2.75, 3.05) is 12.8 Å². The van der Waals surface area contributed by atoms with Gasteiger partial charge in [-0.25, -0.2) is 0 Å². The topological polar surface area (TPSA) is 72.3 Å². The molecule has 104 valence electrons. The number of benzene rings is 2. The molecular formula is C16H19N3O. The number of anilines is 1. The highest BCUT2D eigenvalue weighted by Gasteiger charge is 2.06. The Kier molecular flexibility index (Phi) is 4.38. The summed E-state index contributed by atoms with van der Waals surface area (Å²) in [6.45, 7) is 1.49. The Morgan fingerprint density at radius 1 is 1.10 bits per heavy atom. The highest BCUT2D eigenvalue weighted by Crippen LogP contribution is 2.14. The molecular weight excluding hydrogens is 250 g/mol. The lowest BCUT2D eigenvalue weighted by molar-refractivity contribution is 0.1000. The molecule has 0 bridgehead atoms. The van der Waals surface area contributed by atoms with E-state index in [0.717, 1.165) is 29.9 Å². The minimum Gasteiger partial charge on any atom is -0.398 e. The summed E-state index contributed by atoms with van der Waals surface area (Å²) >= 11 is 0. The zero-order valence-electron chi connectivity index (χ0n) is 11.5. The molecule has 2 rings (SSSR count). The Morgan fingerprint density at radius 3 is 2.55 bits per heavy atom. The number of hydrogen-bond acceptors (Lipinski definition) is 3. The standard InChI is InChI=1S/C16H19N3O/c1-19(11-14-6-2-3-8-15(14)17)10-12-5-4-7-13(9-12)16(18)20/h2-9H,10-11,17H2,1H3,(H2,18,20). The third-order valence-electron chi connectivity index (χ3n) is 3.16. The number of carbonyl (C=O) groups excluding carboxylic acids is 1. The maximum Gasteiger partial charge on any atom is 0.248 e. The lowest BCUT2D eigenvalue weighted by Gasteiger charge is -2.18. The van der Waals surface area contributed by atoms with Crippen LogP contribution in [0.3, 0.4) is 0 Å². The first-order valence-electron chi connectivity index (χ1n) is 6.47. The van der Waals surface area contributed by atoms with Crippen LogP contribution in [-0.4, -0.2) is 17.9 Å². The van der Waals surface area contributed by atoms with Gasteiger partial charge >= 0.3 is 0 Å². The number of hydrogen-bond donors (Lipinski definition) is 2. The first-order valence-corrected chi connectivity index (χ1v) is 6.47. The van der Waals surface area contributed by atoms with Crippen LogP contribution in [0, 0.1) is 0 Å². The number of nitrogen functional groups attached to an aromatic ring is 1. The molecule has 1 amide bonds. The van der Waals surface area contributed by atoms with E-state index in [1.807, 2.05) is 49.5 Å². The highest BCUT2D eigenvalue weighted by atomic mass is 16.1. The highest BCUT2D eigenvalue weighted by molar-refractivity contribution is 5.92. The van der Waals surface area contributed by atoms with Crippen molar-refractivity contribution in [1.82, 2.24) is 4.90 Å². The maximum absolute atomic E-state index is 11.2. The van der Waals surface area contributed by atoms with E-state index < -0.39 is 5.91 Å². The SMILES string of the molecule is CN(Cc1cccc(C(N)=O)c1)Cc1ccccc1N. The zero-order valence-corrected chi connectivity index (χ0v) is 11.5. The van der Waals surface area contributed by atoms with Gasteiger partial charge in [0.05, 0.1) is 0 Å². The molecule has 0 aromatic heterocycles. The van der Waals surface area contributed by atoms with Crippen molar-refractivity contribution in [3.63, 3.8) is 0 Å². The van der Waals surface area contributed by atoms with Gasteiger partial charge in [0.1, 0.15) is 0 Å². The van der Waals surface area contributed by atoms with Crippen molar-refractivity contribution in [2.24, 2.45) is 5.73 Å². The third-order valence-corrected chi connectivity index (χ3v) is 3.16. The van der Waals surface area contributed by atoms with Crippen LogP contribution in [0.25, 0.3) is 0 Å². The summed E-state index contributed by atoms with van der Waals surface area (Å²) in [6.07, 6.45) is 0. The van der Waals surface area contributed by atoms with Gasteiger partial charge in [-0.3, -0.25) is 9.69 Å². The second-order valence-electron chi connectivity index (χ2n) is 4.94. The monoisotopic (exact) mass is 269 g/mol. The molecule has 0 unspecified atom stereocenters. The van der Waals surface area contributed by atoms with Crippen LogP contribution in [0.1, 0.15) is 21.5 Å². The summed E-state index contributed by atoms with van der Waals surface area (Å²) in [5.74, 6) is -0.401. The molecule has 0 atom stereocenters. The van der Waals surface area contributed by atoms with Crippen molar-refractivity contribution in [2.45, 2.75) is 13.1 Å². The predicted octanol–water partition coefficient (Wildman–Crippen LogP) is 2.00. The molecule has 0 aliphatic rings. The molecule has 4 heteroatoms. The summed E-state index contributed by atoms with van der Waals surface area (Å²) in [6, 6.07) is 15.2. The molecule has 2 aromatic carbocycles. The smallest absolute Gasteiger partial charge is 0.248 e. The average Bonchev–Trinajstić information content (AvgIpc) is 2.41. The van der Waals surface area contributed by atoms with Crippen LogP contribution < -0.4 is 11.5 Å². The molecule has 0 aliphatic carbocycles. The van der Waals surface area contributed by atoms with Crippen molar-refractivity contribution in [1.29, 1.82) is 0 Å². The van der Waals surface area contributed by atoms with Gasteiger partial charge in [-0.05, 0) is 36.4 Å². The van der Waals surface area contributed by atoms with Gasteiger partial charge in [-0.15, -0.1) is 0 Å². The molecule has 0 spiro atoms.